The van der Waals surface area contributed by atoms with Crippen LogP contribution >= 0.6 is 0 Å². The third kappa shape index (κ3) is 2.52. The van der Waals surface area contributed by atoms with Crippen molar-refractivity contribution in [2.45, 2.75) is 50.0 Å². The van der Waals surface area contributed by atoms with E-state index in [2.05, 4.69) is 4.72 Å². The summed E-state index contributed by atoms with van der Waals surface area (Å²) in [5.74, 6) is -1.55. The van der Waals surface area contributed by atoms with Crippen LogP contribution in [-0.2, 0) is 10.0 Å². The summed E-state index contributed by atoms with van der Waals surface area (Å²) >= 11 is 0. The molecule has 1 heterocycles. The summed E-state index contributed by atoms with van der Waals surface area (Å²) < 4.78 is 32.2. The van der Waals surface area contributed by atoms with E-state index in [0.29, 0.717) is 0 Å². The Morgan fingerprint density at radius 1 is 1.53 bits per heavy atom. The molecule has 0 bridgehead atoms. The van der Waals surface area contributed by atoms with E-state index in [4.69, 9.17) is 9.52 Å². The molecule has 0 spiro atoms. The molecule has 0 amide bonds. The molecule has 1 saturated carbocycles. The maximum Gasteiger partial charge on any atom is 0.371 e. The van der Waals surface area contributed by atoms with E-state index in [1.54, 1.807) is 0 Å². The van der Waals surface area contributed by atoms with Crippen LogP contribution in [0.3, 0.4) is 0 Å². The number of carbonyl (C=O) groups is 1. The second-order valence-corrected chi connectivity index (χ2v) is 6.58. The Hall–Kier alpha value is -1.34. The Morgan fingerprint density at radius 2 is 2.16 bits per heavy atom. The monoisotopic (exact) mass is 287 g/mol. The van der Waals surface area contributed by atoms with Gasteiger partial charge in [-0.2, -0.15) is 0 Å². The molecule has 7 heteroatoms. The number of furan rings is 1. The molecule has 6 nitrogen and oxygen atoms in total. The van der Waals surface area contributed by atoms with Gasteiger partial charge in [-0.3, -0.25) is 0 Å². The Morgan fingerprint density at radius 3 is 2.53 bits per heavy atom. The molecule has 2 rings (SSSR count). The number of rotatable bonds is 5. The highest BCUT2D eigenvalue weighted by Crippen LogP contribution is 2.36. The van der Waals surface area contributed by atoms with Crippen LogP contribution in [0, 0.1) is 6.92 Å². The number of aromatic carboxylic acids is 1. The number of hydrogen-bond acceptors (Lipinski definition) is 4. The zero-order valence-corrected chi connectivity index (χ0v) is 11.7. The summed E-state index contributed by atoms with van der Waals surface area (Å²) in [6, 6.07) is 1.06. The highest BCUT2D eigenvalue weighted by atomic mass is 32.2. The van der Waals surface area contributed by atoms with Gasteiger partial charge in [0, 0.05) is 11.6 Å². The molecule has 0 atom stereocenters. The van der Waals surface area contributed by atoms with Crippen molar-refractivity contribution in [3.8, 4) is 0 Å². The van der Waals surface area contributed by atoms with Crippen molar-refractivity contribution >= 4 is 16.0 Å². The van der Waals surface area contributed by atoms with Gasteiger partial charge in [-0.1, -0.05) is 6.92 Å². The third-order valence-corrected chi connectivity index (χ3v) is 5.40. The van der Waals surface area contributed by atoms with Crippen molar-refractivity contribution in [2.75, 3.05) is 0 Å². The predicted molar refractivity (Wildman–Crippen MR) is 67.6 cm³/mol. The van der Waals surface area contributed by atoms with Crippen molar-refractivity contribution < 1.29 is 22.7 Å². The zero-order chi connectivity index (χ0) is 14.3. The number of hydrogen-bond donors (Lipinski definition) is 2. The van der Waals surface area contributed by atoms with Gasteiger partial charge in [0.2, 0.25) is 15.8 Å². The van der Waals surface area contributed by atoms with E-state index < -0.39 is 16.0 Å². The third-order valence-electron chi connectivity index (χ3n) is 3.71. The summed E-state index contributed by atoms with van der Waals surface area (Å²) in [7, 11) is -3.74. The van der Waals surface area contributed by atoms with Crippen LogP contribution in [0.4, 0.5) is 0 Å². The molecule has 2 N–H and O–H groups in total. The molecule has 1 aliphatic carbocycles. The van der Waals surface area contributed by atoms with Crippen LogP contribution in [0.5, 0.6) is 0 Å². The van der Waals surface area contributed by atoms with E-state index in [1.807, 2.05) is 6.92 Å². The van der Waals surface area contributed by atoms with Crippen LogP contribution < -0.4 is 4.72 Å². The normalized spacial score (nSPS) is 18.0. The zero-order valence-electron chi connectivity index (χ0n) is 10.9. The summed E-state index contributed by atoms with van der Waals surface area (Å²) in [4.78, 5) is 10.7. The number of carboxylic acids is 1. The minimum Gasteiger partial charge on any atom is -0.475 e. The molecule has 106 valence electrons. The number of sulfonamides is 1. The Kier molecular flexibility index (Phi) is 3.44. The van der Waals surface area contributed by atoms with E-state index in [0.717, 1.165) is 31.7 Å². The van der Waals surface area contributed by atoms with Crippen LogP contribution in [0.1, 0.15) is 48.9 Å². The smallest absolute Gasteiger partial charge is 0.371 e. The van der Waals surface area contributed by atoms with E-state index in [1.165, 1.54) is 6.92 Å². The first-order chi connectivity index (χ1) is 8.80. The van der Waals surface area contributed by atoms with Crippen LogP contribution in [0.2, 0.25) is 0 Å². The van der Waals surface area contributed by atoms with Gasteiger partial charge in [-0.15, -0.1) is 0 Å². The molecule has 1 aromatic heterocycles. The van der Waals surface area contributed by atoms with Crippen molar-refractivity contribution in [3.63, 3.8) is 0 Å². The standard InChI is InChI=1S/C12H17NO5S/c1-3-12(5-4-6-12)13-19(16,17)10-7-9(11(14)15)18-8(10)2/h7,13H,3-6H2,1-2H3,(H,14,15). The number of aryl methyl sites for hydroxylation is 1. The minimum absolute atomic E-state index is 0.0929. The largest absolute Gasteiger partial charge is 0.475 e. The Bertz CT molecular complexity index is 592. The summed E-state index contributed by atoms with van der Waals surface area (Å²) in [6.45, 7) is 3.38. The van der Waals surface area contributed by atoms with E-state index >= 15 is 0 Å². The molecule has 1 aromatic rings. The maximum absolute atomic E-state index is 12.3. The number of carboxylic acid groups (broad SMARTS) is 1. The lowest BCUT2D eigenvalue weighted by Crippen LogP contribution is -2.52. The fraction of sp³-hybridized carbons (Fsp3) is 0.583. The molecule has 1 fully saturated rings. The highest BCUT2D eigenvalue weighted by Gasteiger charge is 2.40. The first kappa shape index (κ1) is 14.1. The average molecular weight is 287 g/mol. The average Bonchev–Trinajstić information content (AvgIpc) is 2.67. The quantitative estimate of drug-likeness (QED) is 0.862. The van der Waals surface area contributed by atoms with Gasteiger partial charge in [0.05, 0.1) is 0 Å². The van der Waals surface area contributed by atoms with Crippen molar-refractivity contribution in [3.05, 3.63) is 17.6 Å². The van der Waals surface area contributed by atoms with E-state index in [9.17, 15) is 13.2 Å². The van der Waals surface area contributed by atoms with Gasteiger partial charge >= 0.3 is 5.97 Å². The van der Waals surface area contributed by atoms with Gasteiger partial charge in [0.15, 0.2) is 0 Å². The number of nitrogens with one attached hydrogen (secondary N) is 1. The summed E-state index contributed by atoms with van der Waals surface area (Å²) in [6.07, 6.45) is 3.34. The summed E-state index contributed by atoms with van der Waals surface area (Å²) in [5, 5.41) is 8.82. The van der Waals surface area contributed by atoms with Crippen molar-refractivity contribution in [2.24, 2.45) is 0 Å². The van der Waals surface area contributed by atoms with Crippen molar-refractivity contribution in [1.82, 2.24) is 4.72 Å². The topological polar surface area (TPSA) is 96.6 Å². The van der Waals surface area contributed by atoms with Crippen LogP contribution in [0.15, 0.2) is 15.4 Å². The molecular formula is C12H17NO5S. The molecule has 19 heavy (non-hydrogen) atoms. The maximum atomic E-state index is 12.3. The van der Waals surface area contributed by atoms with Gasteiger partial charge in [0.25, 0.3) is 0 Å². The lowest BCUT2D eigenvalue weighted by molar-refractivity contribution is 0.0661. The first-order valence-electron chi connectivity index (χ1n) is 6.17. The molecule has 0 aliphatic heterocycles. The fourth-order valence-electron chi connectivity index (χ4n) is 2.31. The molecule has 0 aromatic carbocycles. The Labute approximate surface area is 111 Å². The fourth-order valence-corrected chi connectivity index (χ4v) is 4.02. The second kappa shape index (κ2) is 4.64. The van der Waals surface area contributed by atoms with Crippen molar-refractivity contribution in [1.29, 1.82) is 0 Å². The molecular weight excluding hydrogens is 270 g/mol. The lowest BCUT2D eigenvalue weighted by Gasteiger charge is -2.41. The van der Waals surface area contributed by atoms with Gasteiger partial charge in [-0.05, 0) is 32.6 Å². The van der Waals surface area contributed by atoms with Gasteiger partial charge in [-0.25, -0.2) is 17.9 Å². The lowest BCUT2D eigenvalue weighted by atomic mass is 9.76. The van der Waals surface area contributed by atoms with Gasteiger partial charge in [0.1, 0.15) is 10.7 Å². The molecule has 0 radical (unpaired) electrons. The summed E-state index contributed by atoms with van der Waals surface area (Å²) in [5.41, 5.74) is -0.383. The van der Waals surface area contributed by atoms with E-state index in [-0.39, 0.29) is 22.0 Å². The predicted octanol–water partition coefficient (Wildman–Crippen LogP) is 1.90. The second-order valence-electron chi connectivity index (χ2n) is 4.93. The minimum atomic E-state index is -3.74. The molecule has 0 unspecified atom stereocenters. The first-order valence-corrected chi connectivity index (χ1v) is 7.66. The highest BCUT2D eigenvalue weighted by molar-refractivity contribution is 7.89. The Balaban J connectivity index is 2.32. The van der Waals surface area contributed by atoms with Gasteiger partial charge < -0.3 is 9.52 Å². The van der Waals surface area contributed by atoms with Crippen LogP contribution in [0.25, 0.3) is 0 Å². The SMILES string of the molecule is CCC1(NS(=O)(=O)c2cc(C(=O)O)oc2C)CCC1. The van der Waals surface area contributed by atoms with Crippen LogP contribution in [-0.4, -0.2) is 25.0 Å². The molecule has 0 saturated heterocycles. The molecule has 1 aliphatic rings.